The zero-order valence-electron chi connectivity index (χ0n) is 17.6. The molecule has 2 atom stereocenters. The van der Waals surface area contributed by atoms with Gasteiger partial charge in [0.15, 0.2) is 5.78 Å². The second-order valence-corrected chi connectivity index (χ2v) is 10.1. The van der Waals surface area contributed by atoms with Crippen LogP contribution in [0.1, 0.15) is 84.4 Å². The Balaban J connectivity index is 1.88. The predicted octanol–water partition coefficient (Wildman–Crippen LogP) is 6.40. The van der Waals surface area contributed by atoms with Gasteiger partial charge in [0.1, 0.15) is 0 Å². The van der Waals surface area contributed by atoms with Crippen molar-refractivity contribution >= 4 is 5.78 Å². The number of allylic oxidation sites excluding steroid dienone is 4. The second kappa shape index (κ2) is 6.22. The summed E-state index contributed by atoms with van der Waals surface area (Å²) in [6.07, 6.45) is 9.83. The van der Waals surface area contributed by atoms with Gasteiger partial charge < -0.3 is 0 Å². The summed E-state index contributed by atoms with van der Waals surface area (Å²) in [6, 6.07) is 7.27. The van der Waals surface area contributed by atoms with Crippen molar-refractivity contribution in [3.8, 4) is 0 Å². The fraction of sp³-hybridized carbons (Fsp3) is 0.560. The van der Waals surface area contributed by atoms with Crippen LogP contribution in [0.25, 0.3) is 0 Å². The Morgan fingerprint density at radius 3 is 2.23 bits per heavy atom. The summed E-state index contributed by atoms with van der Waals surface area (Å²) in [5, 5.41) is 0. The normalized spacial score (nSPS) is 29.5. The summed E-state index contributed by atoms with van der Waals surface area (Å²) in [7, 11) is 0. The molecule has 1 aromatic rings. The molecule has 1 fully saturated rings. The zero-order valence-corrected chi connectivity index (χ0v) is 17.6. The van der Waals surface area contributed by atoms with Crippen molar-refractivity contribution in [2.45, 2.75) is 84.0 Å². The third kappa shape index (κ3) is 3.46. The van der Waals surface area contributed by atoms with Crippen LogP contribution >= 0.6 is 0 Å². The molecule has 1 heteroatoms. The second-order valence-electron chi connectivity index (χ2n) is 10.1. The van der Waals surface area contributed by atoms with Crippen LogP contribution in [0.3, 0.4) is 0 Å². The van der Waals surface area contributed by atoms with Gasteiger partial charge in [0.05, 0.1) is 0 Å². The molecule has 0 amide bonds. The number of carbonyl (C=O) groups excluding carboxylic acids is 1. The van der Waals surface area contributed by atoms with Crippen LogP contribution in [0, 0.1) is 5.92 Å². The Bertz CT molecular complexity index is 790. The van der Waals surface area contributed by atoms with Crippen LogP contribution in [0.15, 0.2) is 42.0 Å². The van der Waals surface area contributed by atoms with Gasteiger partial charge in [-0.25, -0.2) is 0 Å². The highest BCUT2D eigenvalue weighted by Crippen LogP contribution is 2.56. The first-order chi connectivity index (χ1) is 12.0. The van der Waals surface area contributed by atoms with Gasteiger partial charge in [-0.05, 0) is 83.6 Å². The molecule has 1 aromatic carbocycles. The van der Waals surface area contributed by atoms with Crippen molar-refractivity contribution in [2.75, 3.05) is 0 Å². The minimum atomic E-state index is 0.116. The highest BCUT2D eigenvalue weighted by atomic mass is 16.1. The van der Waals surface area contributed by atoms with Gasteiger partial charge in [-0.1, -0.05) is 65.0 Å². The van der Waals surface area contributed by atoms with Crippen LogP contribution in [0.4, 0.5) is 0 Å². The van der Waals surface area contributed by atoms with E-state index in [2.05, 4.69) is 65.0 Å². The topological polar surface area (TPSA) is 17.1 Å². The summed E-state index contributed by atoms with van der Waals surface area (Å²) >= 11 is 0. The molecule has 2 aliphatic rings. The number of ketones is 1. The van der Waals surface area contributed by atoms with Gasteiger partial charge >= 0.3 is 0 Å². The van der Waals surface area contributed by atoms with Crippen molar-refractivity contribution in [1.82, 2.24) is 0 Å². The van der Waals surface area contributed by atoms with Crippen molar-refractivity contribution in [2.24, 2.45) is 5.92 Å². The number of hydrogen-bond acceptors (Lipinski definition) is 1. The van der Waals surface area contributed by atoms with E-state index in [-0.39, 0.29) is 22.0 Å². The van der Waals surface area contributed by atoms with Crippen molar-refractivity contribution in [1.29, 1.82) is 0 Å². The molecule has 0 aliphatic heterocycles. The van der Waals surface area contributed by atoms with E-state index < -0.39 is 0 Å². The quantitative estimate of drug-likeness (QED) is 0.453. The SMILES string of the molecule is CC(=O)/C=C(C)/C=C/[C@@H]1C[C@]1(C)c1ccc2c(c1)C(C)(C)CCC2(C)C. The van der Waals surface area contributed by atoms with E-state index in [1.54, 1.807) is 18.6 Å². The minimum Gasteiger partial charge on any atom is -0.295 e. The lowest BCUT2D eigenvalue weighted by atomic mass is 9.62. The maximum atomic E-state index is 11.2. The molecule has 0 spiro atoms. The fourth-order valence-electron chi connectivity index (χ4n) is 4.59. The van der Waals surface area contributed by atoms with Crippen LogP contribution in [-0.4, -0.2) is 5.78 Å². The smallest absolute Gasteiger partial charge is 0.152 e. The zero-order chi connectivity index (χ0) is 19.3. The molecule has 140 valence electrons. The van der Waals surface area contributed by atoms with Crippen molar-refractivity contribution < 1.29 is 4.79 Å². The van der Waals surface area contributed by atoms with E-state index in [1.807, 2.05) is 6.92 Å². The van der Waals surface area contributed by atoms with Crippen LogP contribution in [-0.2, 0) is 21.0 Å². The average molecular weight is 351 g/mol. The maximum Gasteiger partial charge on any atom is 0.152 e. The molecule has 0 saturated heterocycles. The van der Waals surface area contributed by atoms with Gasteiger partial charge in [-0.3, -0.25) is 4.79 Å². The Labute approximate surface area is 159 Å². The molecular formula is C25H34O. The summed E-state index contributed by atoms with van der Waals surface area (Å²) in [5.74, 6) is 0.681. The molecule has 0 unspecified atom stereocenters. The monoisotopic (exact) mass is 350 g/mol. The summed E-state index contributed by atoms with van der Waals surface area (Å²) in [5.41, 5.74) is 6.38. The van der Waals surface area contributed by atoms with Gasteiger partial charge in [-0.15, -0.1) is 0 Å². The average Bonchev–Trinajstić information content (AvgIpc) is 3.21. The molecule has 0 radical (unpaired) electrons. The van der Waals surface area contributed by atoms with Gasteiger partial charge in [0.2, 0.25) is 0 Å². The van der Waals surface area contributed by atoms with Crippen LogP contribution in [0.5, 0.6) is 0 Å². The van der Waals surface area contributed by atoms with Gasteiger partial charge in [0, 0.05) is 0 Å². The van der Waals surface area contributed by atoms with E-state index in [0.717, 1.165) is 5.57 Å². The molecular weight excluding hydrogens is 316 g/mol. The highest BCUT2D eigenvalue weighted by Gasteiger charge is 2.50. The lowest BCUT2D eigenvalue weighted by molar-refractivity contribution is -0.112. The van der Waals surface area contributed by atoms with Crippen molar-refractivity contribution in [3.05, 3.63) is 58.7 Å². The summed E-state index contributed by atoms with van der Waals surface area (Å²) in [4.78, 5) is 11.2. The number of rotatable bonds is 4. The molecule has 0 heterocycles. The lowest BCUT2D eigenvalue weighted by Crippen LogP contribution is -2.34. The van der Waals surface area contributed by atoms with Gasteiger partial charge in [-0.2, -0.15) is 0 Å². The first kappa shape index (κ1) is 19.1. The van der Waals surface area contributed by atoms with E-state index in [9.17, 15) is 4.79 Å². The van der Waals surface area contributed by atoms with Crippen LogP contribution in [0.2, 0.25) is 0 Å². The largest absolute Gasteiger partial charge is 0.295 e. The van der Waals surface area contributed by atoms with E-state index >= 15 is 0 Å². The number of benzene rings is 1. The number of carbonyl (C=O) groups is 1. The summed E-state index contributed by atoms with van der Waals surface area (Å²) < 4.78 is 0. The van der Waals surface area contributed by atoms with Crippen molar-refractivity contribution in [3.63, 3.8) is 0 Å². The van der Waals surface area contributed by atoms with E-state index in [4.69, 9.17) is 0 Å². The lowest BCUT2D eigenvalue weighted by Gasteiger charge is -2.42. The molecule has 0 N–H and O–H groups in total. The first-order valence-corrected chi connectivity index (χ1v) is 9.98. The third-order valence-electron chi connectivity index (χ3n) is 6.84. The Morgan fingerprint density at radius 2 is 1.62 bits per heavy atom. The molecule has 2 aliphatic carbocycles. The molecule has 0 bridgehead atoms. The molecule has 1 saturated carbocycles. The maximum absolute atomic E-state index is 11.2. The highest BCUT2D eigenvalue weighted by molar-refractivity contribution is 5.88. The molecule has 1 nitrogen and oxygen atoms in total. The third-order valence-corrected chi connectivity index (χ3v) is 6.84. The summed E-state index contributed by atoms with van der Waals surface area (Å²) in [6.45, 7) is 15.6. The minimum absolute atomic E-state index is 0.116. The van der Waals surface area contributed by atoms with Crippen LogP contribution < -0.4 is 0 Å². The Hall–Kier alpha value is -1.63. The number of hydrogen-bond donors (Lipinski definition) is 0. The fourth-order valence-corrected chi connectivity index (χ4v) is 4.59. The Morgan fingerprint density at radius 1 is 1.00 bits per heavy atom. The Kier molecular flexibility index (Phi) is 4.58. The molecule has 0 aromatic heterocycles. The van der Waals surface area contributed by atoms with Gasteiger partial charge in [0.25, 0.3) is 0 Å². The first-order valence-electron chi connectivity index (χ1n) is 9.98. The number of fused-ring (bicyclic) bond motifs is 1. The molecule has 3 rings (SSSR count). The molecule has 26 heavy (non-hydrogen) atoms. The van der Waals surface area contributed by atoms with E-state index in [0.29, 0.717) is 5.92 Å². The standard InChI is InChI=1S/C25H34O/c1-17(14-18(2)26)8-9-20-16-25(20,7)19-10-11-21-22(15-19)24(5,6)13-12-23(21,3)4/h8-11,14-15,20H,12-13,16H2,1-7H3/b9-8+,17-14+/t20-,25-/m1/s1. The predicted molar refractivity (Wildman–Crippen MR) is 111 cm³/mol. The van der Waals surface area contributed by atoms with E-state index in [1.165, 1.54) is 30.4 Å².